The van der Waals surface area contributed by atoms with Crippen LogP contribution in [0, 0.1) is 6.92 Å². The van der Waals surface area contributed by atoms with Gasteiger partial charge in [-0.25, -0.2) is 9.97 Å². The summed E-state index contributed by atoms with van der Waals surface area (Å²) >= 11 is 1.79. The standard InChI is InChI=1S/C50H42BN5S/c1-7-18-37-31(3)56(49-54-46(33-19-12-9-13-20-33)53-47(55-49)34-21-14-10-15-22-34)45(51-6)39(37)29-32(8-2)36-25-26-38-41(30-36)50(4,5)40-27-28-42-44(43(38)40)57-48(52-42)35-23-16-11-17-24-35/h7-30,51H,2H2,1,3-6H3/b18-7-,32-29+. The Balaban J connectivity index is 1.18. The molecule has 0 bridgehead atoms. The van der Waals surface area contributed by atoms with Gasteiger partial charge in [0.25, 0.3) is 0 Å². The fourth-order valence-electron chi connectivity index (χ4n) is 8.35. The molecule has 57 heavy (non-hydrogen) atoms. The Morgan fingerprint density at radius 2 is 1.37 bits per heavy atom. The van der Waals surface area contributed by atoms with Crippen molar-refractivity contribution in [3.8, 4) is 50.4 Å². The summed E-state index contributed by atoms with van der Waals surface area (Å²) in [5, 5.41) is 1.05. The van der Waals surface area contributed by atoms with Gasteiger partial charge in [0.2, 0.25) is 5.95 Å². The van der Waals surface area contributed by atoms with E-state index in [1.54, 1.807) is 11.3 Å². The number of hydrogen-bond acceptors (Lipinski definition) is 5. The van der Waals surface area contributed by atoms with E-state index >= 15 is 0 Å². The minimum Gasteiger partial charge on any atom is -0.295 e. The van der Waals surface area contributed by atoms with E-state index in [0.29, 0.717) is 17.6 Å². The topological polar surface area (TPSA) is 56.5 Å². The molecule has 1 aliphatic rings. The van der Waals surface area contributed by atoms with E-state index in [2.05, 4.69) is 125 Å². The average molecular weight is 756 g/mol. The van der Waals surface area contributed by atoms with Crippen LogP contribution in [0.4, 0.5) is 0 Å². The first-order valence-electron chi connectivity index (χ1n) is 19.5. The molecule has 5 aromatic carbocycles. The van der Waals surface area contributed by atoms with Crippen LogP contribution in [0.3, 0.4) is 0 Å². The van der Waals surface area contributed by atoms with Crippen LogP contribution in [0.2, 0.25) is 6.82 Å². The number of rotatable bonds is 9. The molecule has 9 rings (SSSR count). The van der Waals surface area contributed by atoms with E-state index in [1.807, 2.05) is 66.7 Å². The second-order valence-electron chi connectivity index (χ2n) is 15.0. The molecule has 0 unspecified atom stereocenters. The van der Waals surface area contributed by atoms with Crippen molar-refractivity contribution >= 4 is 52.2 Å². The lowest BCUT2D eigenvalue weighted by molar-refractivity contribution is 0.660. The monoisotopic (exact) mass is 755 g/mol. The zero-order valence-electron chi connectivity index (χ0n) is 32.9. The molecule has 0 N–H and O–H groups in total. The van der Waals surface area contributed by atoms with Crippen LogP contribution in [0.15, 0.2) is 140 Å². The summed E-state index contributed by atoms with van der Waals surface area (Å²) in [4.78, 5) is 20.3. The minimum atomic E-state index is -0.186. The second kappa shape index (κ2) is 14.6. The smallest absolute Gasteiger partial charge is 0.237 e. The molecule has 0 radical (unpaired) electrons. The highest BCUT2D eigenvalue weighted by Gasteiger charge is 2.37. The first-order chi connectivity index (χ1) is 27.8. The summed E-state index contributed by atoms with van der Waals surface area (Å²) < 4.78 is 3.46. The Morgan fingerprint density at radius 3 is 1.96 bits per heavy atom. The van der Waals surface area contributed by atoms with Gasteiger partial charge >= 0.3 is 0 Å². The SMILES string of the molecule is C=C/C(=C\c1c(/C=C\C)c(C)n(-c2nc(-c3ccccc3)nc(-c3ccccc3)n2)c1BC)c1ccc2c(c1)C(C)(C)c1ccc3nc(-c4ccccc4)sc3c1-2. The van der Waals surface area contributed by atoms with Crippen LogP contribution < -0.4 is 5.59 Å². The number of benzene rings is 5. The van der Waals surface area contributed by atoms with Crippen molar-refractivity contribution < 1.29 is 0 Å². The van der Waals surface area contributed by atoms with Crippen LogP contribution >= 0.6 is 11.3 Å². The predicted molar refractivity (Wildman–Crippen MR) is 243 cm³/mol. The van der Waals surface area contributed by atoms with Crippen LogP contribution in [-0.4, -0.2) is 31.8 Å². The Morgan fingerprint density at radius 1 is 0.737 bits per heavy atom. The van der Waals surface area contributed by atoms with Crippen LogP contribution in [0.25, 0.3) is 78.4 Å². The molecule has 5 nitrogen and oxygen atoms in total. The highest BCUT2D eigenvalue weighted by molar-refractivity contribution is 7.22. The minimum absolute atomic E-state index is 0.186. The van der Waals surface area contributed by atoms with Gasteiger partial charge < -0.3 is 0 Å². The third-order valence-corrected chi connectivity index (χ3v) is 12.4. The summed E-state index contributed by atoms with van der Waals surface area (Å²) in [6.45, 7) is 15.5. The number of allylic oxidation sites excluding steroid dienone is 3. The van der Waals surface area contributed by atoms with Gasteiger partial charge in [-0.15, -0.1) is 11.3 Å². The molecule has 3 heterocycles. The lowest BCUT2D eigenvalue weighted by atomic mass is 9.74. The van der Waals surface area contributed by atoms with Crippen molar-refractivity contribution in [2.45, 2.75) is 39.9 Å². The molecule has 276 valence electrons. The maximum atomic E-state index is 5.13. The molecule has 7 heteroatoms. The Kier molecular flexibility index (Phi) is 9.26. The molecular weight excluding hydrogens is 713 g/mol. The van der Waals surface area contributed by atoms with E-state index in [0.717, 1.165) is 68.0 Å². The Labute approximate surface area is 339 Å². The van der Waals surface area contributed by atoms with Crippen molar-refractivity contribution in [2.24, 2.45) is 0 Å². The van der Waals surface area contributed by atoms with Crippen LogP contribution in [0.5, 0.6) is 0 Å². The van der Waals surface area contributed by atoms with Gasteiger partial charge in [0, 0.05) is 38.9 Å². The predicted octanol–water partition coefficient (Wildman–Crippen LogP) is 11.8. The first-order valence-corrected chi connectivity index (χ1v) is 20.3. The molecule has 0 saturated heterocycles. The van der Waals surface area contributed by atoms with Gasteiger partial charge in [-0.1, -0.05) is 155 Å². The molecule has 0 spiro atoms. The summed E-state index contributed by atoms with van der Waals surface area (Å²) in [5.74, 6) is 1.88. The van der Waals surface area contributed by atoms with E-state index in [1.165, 1.54) is 27.0 Å². The first kappa shape index (κ1) is 36.2. The Hall–Kier alpha value is -6.44. The summed E-state index contributed by atoms with van der Waals surface area (Å²) in [6, 6.07) is 42.2. The van der Waals surface area contributed by atoms with Gasteiger partial charge in [0.1, 0.15) is 5.01 Å². The van der Waals surface area contributed by atoms with E-state index < -0.39 is 0 Å². The molecule has 0 atom stereocenters. The van der Waals surface area contributed by atoms with Crippen molar-refractivity contribution in [3.05, 3.63) is 174 Å². The molecule has 3 aromatic heterocycles. The Bertz CT molecular complexity index is 2830. The molecule has 0 amide bonds. The highest BCUT2D eigenvalue weighted by atomic mass is 32.1. The maximum absolute atomic E-state index is 5.13. The second-order valence-corrected chi connectivity index (χ2v) is 16.0. The fourth-order valence-corrected chi connectivity index (χ4v) is 9.48. The van der Waals surface area contributed by atoms with Crippen molar-refractivity contribution in [3.63, 3.8) is 0 Å². The third-order valence-electron chi connectivity index (χ3n) is 11.2. The van der Waals surface area contributed by atoms with Crippen molar-refractivity contribution in [1.82, 2.24) is 24.5 Å². The lowest BCUT2D eigenvalue weighted by Gasteiger charge is -2.22. The third kappa shape index (κ3) is 6.19. The van der Waals surface area contributed by atoms with Gasteiger partial charge in [-0.05, 0) is 71.0 Å². The number of fused-ring (bicyclic) bond motifs is 5. The largest absolute Gasteiger partial charge is 0.295 e. The van der Waals surface area contributed by atoms with Gasteiger partial charge in [-0.2, -0.15) is 9.97 Å². The number of hydrogen-bond donors (Lipinski definition) is 0. The van der Waals surface area contributed by atoms with E-state index in [9.17, 15) is 0 Å². The molecular formula is C50H42BN5S. The molecule has 0 saturated carbocycles. The molecule has 0 aliphatic heterocycles. The van der Waals surface area contributed by atoms with Gasteiger partial charge in [0.05, 0.1) is 10.2 Å². The summed E-state index contributed by atoms with van der Waals surface area (Å²) in [7, 11) is 0.768. The average Bonchev–Trinajstić information content (AvgIpc) is 3.88. The zero-order chi connectivity index (χ0) is 39.3. The van der Waals surface area contributed by atoms with Crippen LogP contribution in [0.1, 0.15) is 54.3 Å². The fraction of sp³-hybridized carbons (Fsp3) is 0.120. The van der Waals surface area contributed by atoms with Gasteiger partial charge in [0.15, 0.2) is 18.9 Å². The highest BCUT2D eigenvalue weighted by Crippen LogP contribution is 2.53. The lowest BCUT2D eigenvalue weighted by Crippen LogP contribution is -2.26. The van der Waals surface area contributed by atoms with E-state index in [4.69, 9.17) is 19.9 Å². The number of aromatic nitrogens is 5. The summed E-state index contributed by atoms with van der Waals surface area (Å²) in [6.07, 6.45) is 8.58. The molecule has 0 fully saturated rings. The van der Waals surface area contributed by atoms with E-state index in [-0.39, 0.29) is 5.41 Å². The maximum Gasteiger partial charge on any atom is 0.237 e. The summed E-state index contributed by atoms with van der Waals surface area (Å²) in [5.41, 5.74) is 15.8. The van der Waals surface area contributed by atoms with Gasteiger partial charge in [-0.3, -0.25) is 4.57 Å². The molecule has 1 aliphatic carbocycles. The zero-order valence-corrected chi connectivity index (χ0v) is 33.7. The quantitative estimate of drug-likeness (QED) is 0.109. The van der Waals surface area contributed by atoms with Crippen LogP contribution in [-0.2, 0) is 5.41 Å². The van der Waals surface area contributed by atoms with Crippen molar-refractivity contribution in [1.29, 1.82) is 0 Å². The molecule has 8 aromatic rings. The number of nitrogens with zero attached hydrogens (tertiary/aromatic N) is 5. The normalized spacial score (nSPS) is 13.2. The van der Waals surface area contributed by atoms with Crippen molar-refractivity contribution in [2.75, 3.05) is 0 Å². The number of thiazole rings is 1.